The summed E-state index contributed by atoms with van der Waals surface area (Å²) in [5.74, 6) is 1.35. The Morgan fingerprint density at radius 1 is 0.923 bits per heavy atom. The van der Waals surface area contributed by atoms with Crippen LogP contribution in [0.15, 0.2) is 42.7 Å². The van der Waals surface area contributed by atoms with Crippen LogP contribution in [0.25, 0.3) is 0 Å². The molecule has 1 fully saturated rings. The van der Waals surface area contributed by atoms with Gasteiger partial charge in [0.1, 0.15) is 13.2 Å². The lowest BCUT2D eigenvalue weighted by Gasteiger charge is -2.31. The van der Waals surface area contributed by atoms with Crippen molar-refractivity contribution in [3.63, 3.8) is 0 Å². The van der Waals surface area contributed by atoms with E-state index in [-0.39, 0.29) is 17.6 Å². The van der Waals surface area contributed by atoms with Crippen LogP contribution < -0.4 is 9.47 Å². The molecule has 1 amide bonds. The quantitative estimate of drug-likeness (QED) is 0.794. The van der Waals surface area contributed by atoms with E-state index in [9.17, 15) is 9.59 Å². The number of aromatic nitrogens is 1. The second-order valence-corrected chi connectivity index (χ2v) is 6.53. The molecule has 0 atom stereocenters. The van der Waals surface area contributed by atoms with Crippen molar-refractivity contribution in [2.75, 3.05) is 26.3 Å². The molecule has 1 saturated heterocycles. The van der Waals surface area contributed by atoms with Crippen molar-refractivity contribution in [2.45, 2.75) is 12.8 Å². The number of rotatable bonds is 3. The SMILES string of the molecule is O=C(c1ccc2c(c1)OCCO2)C1CCN(C(=O)c2ccncc2)CC1. The largest absolute Gasteiger partial charge is 0.486 e. The number of benzene rings is 1. The monoisotopic (exact) mass is 352 g/mol. The average Bonchev–Trinajstić information content (AvgIpc) is 2.73. The highest BCUT2D eigenvalue weighted by Crippen LogP contribution is 2.32. The zero-order chi connectivity index (χ0) is 17.9. The second kappa shape index (κ2) is 7.15. The number of fused-ring (bicyclic) bond motifs is 1. The number of carbonyl (C=O) groups is 2. The van der Waals surface area contributed by atoms with E-state index in [1.54, 1.807) is 42.7 Å². The molecule has 6 heteroatoms. The minimum absolute atomic E-state index is 0.00220. The first-order chi connectivity index (χ1) is 12.7. The van der Waals surface area contributed by atoms with Crippen molar-refractivity contribution >= 4 is 11.7 Å². The molecule has 3 heterocycles. The fourth-order valence-corrected chi connectivity index (χ4v) is 3.45. The second-order valence-electron chi connectivity index (χ2n) is 6.53. The molecule has 2 aliphatic heterocycles. The van der Waals surface area contributed by atoms with Crippen molar-refractivity contribution in [1.29, 1.82) is 0 Å². The highest BCUT2D eigenvalue weighted by Gasteiger charge is 2.29. The van der Waals surface area contributed by atoms with Crippen LogP contribution in [-0.2, 0) is 0 Å². The maximum absolute atomic E-state index is 12.8. The van der Waals surface area contributed by atoms with Crippen LogP contribution in [0, 0.1) is 5.92 Å². The van der Waals surface area contributed by atoms with Gasteiger partial charge < -0.3 is 14.4 Å². The number of nitrogens with zero attached hydrogens (tertiary/aromatic N) is 2. The van der Waals surface area contributed by atoms with E-state index in [1.807, 2.05) is 4.90 Å². The summed E-state index contributed by atoms with van der Waals surface area (Å²) in [5, 5.41) is 0. The molecule has 1 aromatic heterocycles. The minimum Gasteiger partial charge on any atom is -0.486 e. The van der Waals surface area contributed by atoms with Gasteiger partial charge in [-0.2, -0.15) is 0 Å². The number of hydrogen-bond acceptors (Lipinski definition) is 5. The van der Waals surface area contributed by atoms with Gasteiger partial charge in [-0.3, -0.25) is 14.6 Å². The molecule has 26 heavy (non-hydrogen) atoms. The van der Waals surface area contributed by atoms with Crippen molar-refractivity contribution < 1.29 is 19.1 Å². The molecule has 0 unspecified atom stereocenters. The number of Topliss-reactive ketones (excluding diaryl/α,β-unsaturated/α-hetero) is 1. The van der Waals surface area contributed by atoms with E-state index in [2.05, 4.69) is 4.98 Å². The normalized spacial score (nSPS) is 17.0. The summed E-state index contributed by atoms with van der Waals surface area (Å²) in [6.07, 6.45) is 4.57. The van der Waals surface area contributed by atoms with Gasteiger partial charge in [0, 0.05) is 42.5 Å². The van der Waals surface area contributed by atoms with Crippen molar-refractivity contribution in [2.24, 2.45) is 5.92 Å². The highest BCUT2D eigenvalue weighted by atomic mass is 16.6. The zero-order valence-electron chi connectivity index (χ0n) is 14.4. The fourth-order valence-electron chi connectivity index (χ4n) is 3.45. The first-order valence-corrected chi connectivity index (χ1v) is 8.85. The lowest BCUT2D eigenvalue weighted by molar-refractivity contribution is 0.0650. The summed E-state index contributed by atoms with van der Waals surface area (Å²) in [6.45, 7) is 2.20. The third-order valence-corrected chi connectivity index (χ3v) is 4.91. The van der Waals surface area contributed by atoms with Gasteiger partial charge in [-0.1, -0.05) is 0 Å². The number of likely N-dealkylation sites (tertiary alicyclic amines) is 1. The predicted octanol–water partition coefficient (Wildman–Crippen LogP) is 2.59. The van der Waals surface area contributed by atoms with Gasteiger partial charge in [0.2, 0.25) is 0 Å². The van der Waals surface area contributed by atoms with Crippen molar-refractivity contribution in [1.82, 2.24) is 9.88 Å². The van der Waals surface area contributed by atoms with E-state index >= 15 is 0 Å². The van der Waals surface area contributed by atoms with E-state index in [4.69, 9.17) is 9.47 Å². The van der Waals surface area contributed by atoms with Crippen molar-refractivity contribution in [3.8, 4) is 11.5 Å². The molecule has 0 saturated carbocycles. The maximum atomic E-state index is 12.8. The number of carbonyl (C=O) groups excluding carboxylic acids is 2. The molecule has 0 spiro atoms. The van der Waals surface area contributed by atoms with E-state index in [0.717, 1.165) is 0 Å². The summed E-state index contributed by atoms with van der Waals surface area (Å²) in [6, 6.07) is 8.79. The molecule has 2 aliphatic rings. The first kappa shape index (κ1) is 16.6. The molecule has 0 N–H and O–H groups in total. The van der Waals surface area contributed by atoms with Gasteiger partial charge in [0.25, 0.3) is 5.91 Å². The summed E-state index contributed by atoms with van der Waals surface area (Å²) < 4.78 is 11.1. The molecule has 6 nitrogen and oxygen atoms in total. The Hall–Kier alpha value is -2.89. The average molecular weight is 352 g/mol. The van der Waals surface area contributed by atoms with E-state index < -0.39 is 0 Å². The zero-order valence-corrected chi connectivity index (χ0v) is 14.4. The summed E-state index contributed by atoms with van der Waals surface area (Å²) >= 11 is 0. The maximum Gasteiger partial charge on any atom is 0.253 e. The van der Waals surface area contributed by atoms with Crippen LogP contribution in [0.2, 0.25) is 0 Å². The first-order valence-electron chi connectivity index (χ1n) is 8.85. The Labute approximate surface area is 151 Å². The van der Waals surface area contributed by atoms with Crippen LogP contribution in [0.3, 0.4) is 0 Å². The molecule has 2 aromatic rings. The molecule has 134 valence electrons. The Kier molecular flexibility index (Phi) is 4.56. The fraction of sp³-hybridized carbons (Fsp3) is 0.350. The van der Waals surface area contributed by atoms with Crippen LogP contribution >= 0.6 is 0 Å². The van der Waals surface area contributed by atoms with Gasteiger partial charge in [0.05, 0.1) is 0 Å². The topological polar surface area (TPSA) is 68.7 Å². The molecular weight excluding hydrogens is 332 g/mol. The number of amides is 1. The Morgan fingerprint density at radius 3 is 2.35 bits per heavy atom. The highest BCUT2D eigenvalue weighted by molar-refractivity contribution is 5.99. The molecule has 0 bridgehead atoms. The predicted molar refractivity (Wildman–Crippen MR) is 94.6 cm³/mol. The molecule has 4 rings (SSSR count). The Balaban J connectivity index is 1.40. The van der Waals surface area contributed by atoms with Crippen LogP contribution in [0.4, 0.5) is 0 Å². The van der Waals surface area contributed by atoms with Crippen molar-refractivity contribution in [3.05, 3.63) is 53.9 Å². The van der Waals surface area contributed by atoms with Gasteiger partial charge >= 0.3 is 0 Å². The summed E-state index contributed by atoms with van der Waals surface area (Å²) in [5.41, 5.74) is 1.28. The number of piperidine rings is 1. The smallest absolute Gasteiger partial charge is 0.253 e. The lowest BCUT2D eigenvalue weighted by Crippen LogP contribution is -2.40. The standard InChI is InChI=1S/C20H20N2O4/c23-19(16-1-2-17-18(13-16)26-12-11-25-17)14-5-9-22(10-6-14)20(24)15-3-7-21-8-4-15/h1-4,7-8,13-14H,5-6,9-12H2. The van der Waals surface area contributed by atoms with Gasteiger partial charge in [0.15, 0.2) is 17.3 Å². The van der Waals surface area contributed by atoms with Crippen LogP contribution in [0.5, 0.6) is 11.5 Å². The number of ether oxygens (including phenoxy) is 2. The molecule has 1 aromatic carbocycles. The summed E-state index contributed by atoms with van der Waals surface area (Å²) in [4.78, 5) is 31.1. The minimum atomic E-state index is -0.0703. The third kappa shape index (κ3) is 3.27. The van der Waals surface area contributed by atoms with Gasteiger partial charge in [-0.15, -0.1) is 0 Å². The lowest BCUT2D eigenvalue weighted by atomic mass is 9.88. The third-order valence-electron chi connectivity index (χ3n) is 4.91. The van der Waals surface area contributed by atoms with E-state index in [0.29, 0.717) is 61.8 Å². The Bertz CT molecular complexity index is 814. The molecular formula is C20H20N2O4. The number of ketones is 1. The van der Waals surface area contributed by atoms with Gasteiger partial charge in [-0.05, 0) is 43.2 Å². The van der Waals surface area contributed by atoms with Crippen LogP contribution in [0.1, 0.15) is 33.6 Å². The number of hydrogen-bond donors (Lipinski definition) is 0. The van der Waals surface area contributed by atoms with Crippen LogP contribution in [-0.4, -0.2) is 47.9 Å². The summed E-state index contributed by atoms with van der Waals surface area (Å²) in [7, 11) is 0. The Morgan fingerprint density at radius 2 is 1.62 bits per heavy atom. The molecule has 0 radical (unpaired) electrons. The molecule has 0 aliphatic carbocycles. The van der Waals surface area contributed by atoms with E-state index in [1.165, 1.54) is 0 Å². The number of pyridine rings is 1. The van der Waals surface area contributed by atoms with Gasteiger partial charge in [-0.25, -0.2) is 0 Å².